The molecule has 1 aromatic rings. The second-order valence-corrected chi connectivity index (χ2v) is 4.90. The van der Waals surface area contributed by atoms with Crippen molar-refractivity contribution < 1.29 is 9.13 Å². The van der Waals surface area contributed by atoms with Crippen LogP contribution in [-0.4, -0.2) is 19.7 Å². The quantitative estimate of drug-likeness (QED) is 0.850. The smallest absolute Gasteiger partial charge is 0.123 e. The maximum atomic E-state index is 13.1. The summed E-state index contributed by atoms with van der Waals surface area (Å²) in [5.41, 5.74) is 2.06. The lowest BCUT2D eigenvalue weighted by Crippen LogP contribution is -2.36. The first-order chi connectivity index (χ1) is 8.19. The first-order valence-corrected chi connectivity index (χ1v) is 6.20. The molecule has 0 saturated heterocycles. The van der Waals surface area contributed by atoms with Gasteiger partial charge in [-0.1, -0.05) is 6.07 Å². The van der Waals surface area contributed by atoms with Gasteiger partial charge in [0, 0.05) is 0 Å². The van der Waals surface area contributed by atoms with Crippen LogP contribution in [0.25, 0.3) is 0 Å². The molecule has 1 fully saturated rings. The van der Waals surface area contributed by atoms with Gasteiger partial charge < -0.3 is 10.1 Å². The number of halogens is 1. The maximum Gasteiger partial charge on any atom is 0.123 e. The molecule has 0 aromatic heterocycles. The van der Waals surface area contributed by atoms with Crippen molar-refractivity contribution in [3.05, 3.63) is 35.1 Å². The fraction of sp³-hybridized carbons (Fsp3) is 0.571. The van der Waals surface area contributed by atoms with Gasteiger partial charge in [0.1, 0.15) is 5.82 Å². The van der Waals surface area contributed by atoms with Gasteiger partial charge in [-0.15, -0.1) is 0 Å². The summed E-state index contributed by atoms with van der Waals surface area (Å²) in [5.74, 6) is 0.564. The molecule has 0 radical (unpaired) electrons. The summed E-state index contributed by atoms with van der Waals surface area (Å²) in [6.45, 7) is 3.59. The summed E-state index contributed by atoms with van der Waals surface area (Å²) in [6, 6.07) is 4.86. The van der Waals surface area contributed by atoms with Crippen LogP contribution in [0.4, 0.5) is 4.39 Å². The molecule has 2 nitrogen and oxygen atoms in total. The Morgan fingerprint density at radius 3 is 2.88 bits per heavy atom. The molecule has 0 heterocycles. The second kappa shape index (κ2) is 5.61. The number of ether oxygens (including phenoxy) is 1. The van der Waals surface area contributed by atoms with Crippen molar-refractivity contribution in [1.29, 1.82) is 0 Å². The minimum atomic E-state index is -0.184. The Morgan fingerprint density at radius 1 is 1.41 bits per heavy atom. The van der Waals surface area contributed by atoms with E-state index in [0.717, 1.165) is 36.4 Å². The van der Waals surface area contributed by atoms with Crippen LogP contribution in [-0.2, 0) is 11.3 Å². The predicted octanol–water partition coefficient (Wildman–Crippen LogP) is 2.65. The highest BCUT2D eigenvalue weighted by atomic mass is 19.1. The van der Waals surface area contributed by atoms with Crippen LogP contribution in [0.3, 0.4) is 0 Å². The molecule has 1 saturated carbocycles. The Kier molecular flexibility index (Phi) is 4.13. The van der Waals surface area contributed by atoms with Gasteiger partial charge in [-0.25, -0.2) is 4.39 Å². The SMILES string of the molecule is CNCC1CC(OCc2cc(F)ccc2C)C1. The lowest BCUT2D eigenvalue weighted by molar-refractivity contribution is -0.0393. The Labute approximate surface area is 102 Å². The number of nitrogens with one attached hydrogen (secondary N) is 1. The molecule has 17 heavy (non-hydrogen) atoms. The summed E-state index contributed by atoms with van der Waals surface area (Å²) < 4.78 is 18.8. The van der Waals surface area contributed by atoms with E-state index < -0.39 is 0 Å². The number of hydrogen-bond donors (Lipinski definition) is 1. The third kappa shape index (κ3) is 3.27. The first kappa shape index (κ1) is 12.5. The van der Waals surface area contributed by atoms with Crippen molar-refractivity contribution in [2.45, 2.75) is 32.5 Å². The predicted molar refractivity (Wildman–Crippen MR) is 66.4 cm³/mol. The van der Waals surface area contributed by atoms with Crippen LogP contribution in [0.1, 0.15) is 24.0 Å². The van der Waals surface area contributed by atoms with Gasteiger partial charge in [0.05, 0.1) is 12.7 Å². The molecule has 0 spiro atoms. The van der Waals surface area contributed by atoms with Gasteiger partial charge in [0.15, 0.2) is 0 Å². The minimum Gasteiger partial charge on any atom is -0.374 e. The zero-order chi connectivity index (χ0) is 12.3. The average Bonchev–Trinajstić information content (AvgIpc) is 2.26. The van der Waals surface area contributed by atoms with Crippen LogP contribution in [0, 0.1) is 18.7 Å². The molecule has 0 unspecified atom stereocenters. The number of rotatable bonds is 5. The van der Waals surface area contributed by atoms with Crippen molar-refractivity contribution in [2.24, 2.45) is 5.92 Å². The molecule has 1 aromatic carbocycles. The molecule has 1 N–H and O–H groups in total. The number of hydrogen-bond acceptors (Lipinski definition) is 2. The van der Waals surface area contributed by atoms with Gasteiger partial charge in [-0.2, -0.15) is 0 Å². The first-order valence-electron chi connectivity index (χ1n) is 6.20. The molecule has 0 bridgehead atoms. The summed E-state index contributed by atoms with van der Waals surface area (Å²) in [5, 5.41) is 3.18. The van der Waals surface area contributed by atoms with E-state index in [1.54, 1.807) is 12.1 Å². The number of benzene rings is 1. The van der Waals surface area contributed by atoms with Crippen LogP contribution in [0.2, 0.25) is 0 Å². The third-order valence-corrected chi connectivity index (χ3v) is 3.47. The summed E-state index contributed by atoms with van der Waals surface area (Å²) in [7, 11) is 1.98. The van der Waals surface area contributed by atoms with E-state index >= 15 is 0 Å². The van der Waals surface area contributed by atoms with Crippen molar-refractivity contribution in [2.75, 3.05) is 13.6 Å². The van der Waals surface area contributed by atoms with Crippen molar-refractivity contribution in [1.82, 2.24) is 5.32 Å². The van der Waals surface area contributed by atoms with E-state index in [1.165, 1.54) is 6.07 Å². The highest BCUT2D eigenvalue weighted by Crippen LogP contribution is 2.30. The Hall–Kier alpha value is -0.930. The largest absolute Gasteiger partial charge is 0.374 e. The van der Waals surface area contributed by atoms with Crippen LogP contribution < -0.4 is 5.32 Å². The molecular weight excluding hydrogens is 217 g/mol. The maximum absolute atomic E-state index is 13.1. The van der Waals surface area contributed by atoms with Gasteiger partial charge in [-0.05, 0) is 62.5 Å². The van der Waals surface area contributed by atoms with Crippen molar-refractivity contribution in [3.8, 4) is 0 Å². The molecular formula is C14H20FNO. The summed E-state index contributed by atoms with van der Waals surface area (Å²) >= 11 is 0. The second-order valence-electron chi connectivity index (χ2n) is 4.90. The summed E-state index contributed by atoms with van der Waals surface area (Å²) in [4.78, 5) is 0. The molecule has 0 aliphatic heterocycles. The standard InChI is InChI=1S/C14H20FNO/c1-10-3-4-13(15)7-12(10)9-17-14-5-11(6-14)8-16-2/h3-4,7,11,14,16H,5-6,8-9H2,1-2H3. The number of aryl methyl sites for hydroxylation is 1. The van der Waals surface area contributed by atoms with Crippen molar-refractivity contribution in [3.63, 3.8) is 0 Å². The molecule has 2 rings (SSSR count). The fourth-order valence-electron chi connectivity index (χ4n) is 2.27. The lowest BCUT2D eigenvalue weighted by atomic mass is 9.82. The lowest BCUT2D eigenvalue weighted by Gasteiger charge is -2.35. The zero-order valence-corrected chi connectivity index (χ0v) is 10.5. The van der Waals surface area contributed by atoms with Gasteiger partial charge in [-0.3, -0.25) is 0 Å². The molecule has 1 aliphatic rings. The van der Waals surface area contributed by atoms with Crippen LogP contribution >= 0.6 is 0 Å². The Balaban J connectivity index is 1.77. The van der Waals surface area contributed by atoms with Crippen molar-refractivity contribution >= 4 is 0 Å². The zero-order valence-electron chi connectivity index (χ0n) is 10.5. The fourth-order valence-corrected chi connectivity index (χ4v) is 2.27. The highest BCUT2D eigenvalue weighted by Gasteiger charge is 2.29. The van der Waals surface area contributed by atoms with Gasteiger partial charge in [0.25, 0.3) is 0 Å². The van der Waals surface area contributed by atoms with E-state index in [2.05, 4.69) is 5.32 Å². The summed E-state index contributed by atoms with van der Waals surface area (Å²) in [6.07, 6.45) is 2.60. The molecule has 1 aliphatic carbocycles. The molecule has 94 valence electrons. The van der Waals surface area contributed by atoms with Gasteiger partial charge in [0.2, 0.25) is 0 Å². The van der Waals surface area contributed by atoms with E-state index in [9.17, 15) is 4.39 Å². The van der Waals surface area contributed by atoms with Crippen LogP contribution in [0.15, 0.2) is 18.2 Å². The third-order valence-electron chi connectivity index (χ3n) is 3.47. The molecule has 0 atom stereocenters. The van der Waals surface area contributed by atoms with E-state index in [-0.39, 0.29) is 5.82 Å². The topological polar surface area (TPSA) is 21.3 Å². The van der Waals surface area contributed by atoms with E-state index in [0.29, 0.717) is 12.7 Å². The van der Waals surface area contributed by atoms with E-state index in [4.69, 9.17) is 4.74 Å². The van der Waals surface area contributed by atoms with E-state index in [1.807, 2.05) is 14.0 Å². The molecule has 3 heteroatoms. The minimum absolute atomic E-state index is 0.184. The Bertz CT molecular complexity index is 374. The Morgan fingerprint density at radius 2 is 2.18 bits per heavy atom. The monoisotopic (exact) mass is 237 g/mol. The normalized spacial score (nSPS) is 23.5. The average molecular weight is 237 g/mol. The van der Waals surface area contributed by atoms with Crippen LogP contribution in [0.5, 0.6) is 0 Å². The molecule has 0 amide bonds. The van der Waals surface area contributed by atoms with Gasteiger partial charge >= 0.3 is 0 Å². The highest BCUT2D eigenvalue weighted by molar-refractivity contribution is 5.25.